The first kappa shape index (κ1) is 19.6. The Labute approximate surface area is 159 Å². The van der Waals surface area contributed by atoms with Gasteiger partial charge in [0.25, 0.3) is 5.91 Å². The van der Waals surface area contributed by atoms with Gasteiger partial charge in [0.15, 0.2) is 18.1 Å². The second-order valence-corrected chi connectivity index (χ2v) is 5.81. The number of nitrogens with one attached hydrogen (secondary N) is 1. The van der Waals surface area contributed by atoms with Crippen LogP contribution in [0.25, 0.3) is 6.08 Å². The predicted molar refractivity (Wildman–Crippen MR) is 99.7 cm³/mol. The molecule has 2 aromatic rings. The molecular weight excluding hydrogens is 381 g/mol. The molecule has 136 valence electrons. The lowest BCUT2D eigenvalue weighted by Crippen LogP contribution is -2.20. The summed E-state index contributed by atoms with van der Waals surface area (Å²) < 4.78 is 9.83. The molecule has 2 rings (SSSR count). The molecule has 8 heteroatoms. The summed E-state index contributed by atoms with van der Waals surface area (Å²) in [7, 11) is 1.42. The first-order chi connectivity index (χ1) is 12.4. The van der Waals surface area contributed by atoms with E-state index in [1.165, 1.54) is 19.3 Å². The number of halogens is 2. The van der Waals surface area contributed by atoms with E-state index in [1.54, 1.807) is 30.3 Å². The van der Waals surface area contributed by atoms with Gasteiger partial charge < -0.3 is 19.9 Å². The summed E-state index contributed by atoms with van der Waals surface area (Å²) in [6.45, 7) is -0.481. The van der Waals surface area contributed by atoms with Crippen LogP contribution in [0.1, 0.15) is 5.56 Å². The first-order valence-corrected chi connectivity index (χ1v) is 8.12. The van der Waals surface area contributed by atoms with Crippen molar-refractivity contribution in [1.82, 2.24) is 0 Å². The Bertz CT molecular complexity index is 851. The second-order valence-electron chi connectivity index (χ2n) is 5.02. The second kappa shape index (κ2) is 9.12. The Kier molecular flexibility index (Phi) is 6.89. The highest BCUT2D eigenvalue weighted by Gasteiger charge is 2.10. The number of ether oxygens (including phenoxy) is 2. The number of phenolic OH excluding ortho intramolecular Hbond substituents is 1. The van der Waals surface area contributed by atoms with Crippen LogP contribution in [0.5, 0.6) is 11.5 Å². The highest BCUT2D eigenvalue weighted by atomic mass is 35.5. The van der Waals surface area contributed by atoms with Gasteiger partial charge in [-0.25, -0.2) is 4.79 Å². The highest BCUT2D eigenvalue weighted by molar-refractivity contribution is 6.44. The van der Waals surface area contributed by atoms with Gasteiger partial charge in [0, 0.05) is 6.08 Å². The van der Waals surface area contributed by atoms with Crippen molar-refractivity contribution in [1.29, 1.82) is 0 Å². The van der Waals surface area contributed by atoms with Gasteiger partial charge in [-0.05, 0) is 35.9 Å². The minimum Gasteiger partial charge on any atom is -0.504 e. The molecule has 0 aliphatic carbocycles. The number of rotatable bonds is 6. The molecule has 1 amide bonds. The monoisotopic (exact) mass is 395 g/mol. The molecule has 26 heavy (non-hydrogen) atoms. The van der Waals surface area contributed by atoms with Crippen LogP contribution in [0.4, 0.5) is 5.69 Å². The van der Waals surface area contributed by atoms with E-state index in [2.05, 4.69) is 5.32 Å². The molecule has 0 aliphatic heterocycles. The Morgan fingerprint density at radius 3 is 2.73 bits per heavy atom. The van der Waals surface area contributed by atoms with Gasteiger partial charge in [0.05, 0.1) is 22.8 Å². The lowest BCUT2D eigenvalue weighted by atomic mass is 10.2. The molecule has 0 unspecified atom stereocenters. The summed E-state index contributed by atoms with van der Waals surface area (Å²) in [5.74, 6) is -0.992. The van der Waals surface area contributed by atoms with Crippen molar-refractivity contribution in [2.45, 2.75) is 0 Å². The SMILES string of the molecule is COc1cc(C=CC(=O)OCC(=O)Nc2cccc(Cl)c2Cl)ccc1O. The van der Waals surface area contributed by atoms with Gasteiger partial charge >= 0.3 is 5.97 Å². The van der Waals surface area contributed by atoms with Crippen molar-refractivity contribution < 1.29 is 24.2 Å². The van der Waals surface area contributed by atoms with Crippen LogP contribution < -0.4 is 10.1 Å². The molecule has 0 aliphatic rings. The number of amides is 1. The third kappa shape index (κ3) is 5.40. The molecule has 0 bridgehead atoms. The van der Waals surface area contributed by atoms with E-state index in [0.29, 0.717) is 16.3 Å². The van der Waals surface area contributed by atoms with Crippen LogP contribution in [0.3, 0.4) is 0 Å². The minimum absolute atomic E-state index is 0.0106. The first-order valence-electron chi connectivity index (χ1n) is 7.36. The fourth-order valence-electron chi connectivity index (χ4n) is 1.93. The molecule has 0 atom stereocenters. The Morgan fingerprint density at radius 1 is 1.23 bits per heavy atom. The zero-order chi connectivity index (χ0) is 19.1. The van der Waals surface area contributed by atoms with Crippen LogP contribution in [0.2, 0.25) is 10.0 Å². The predicted octanol–water partition coefficient (Wildman–Crippen LogP) is 3.90. The number of aromatic hydroxyl groups is 1. The van der Waals surface area contributed by atoms with Crippen molar-refractivity contribution in [3.63, 3.8) is 0 Å². The largest absolute Gasteiger partial charge is 0.504 e. The number of methoxy groups -OCH3 is 1. The van der Waals surface area contributed by atoms with Gasteiger partial charge in [-0.15, -0.1) is 0 Å². The molecule has 2 aromatic carbocycles. The Hall–Kier alpha value is -2.70. The number of anilines is 1. The van der Waals surface area contributed by atoms with Crippen LogP contribution >= 0.6 is 23.2 Å². The number of carbonyl (C=O) groups excluding carboxylic acids is 2. The Balaban J connectivity index is 1.88. The molecular formula is C18H15Cl2NO5. The van der Waals surface area contributed by atoms with Crippen LogP contribution in [0, 0.1) is 0 Å². The van der Waals surface area contributed by atoms with Crippen molar-refractivity contribution in [3.05, 3.63) is 58.1 Å². The van der Waals surface area contributed by atoms with E-state index in [4.69, 9.17) is 32.7 Å². The maximum absolute atomic E-state index is 11.8. The fraction of sp³-hybridized carbons (Fsp3) is 0.111. The van der Waals surface area contributed by atoms with Crippen molar-refractivity contribution in [2.75, 3.05) is 19.0 Å². The van der Waals surface area contributed by atoms with Crippen LogP contribution in [-0.4, -0.2) is 30.7 Å². The van der Waals surface area contributed by atoms with Gasteiger partial charge in [0.1, 0.15) is 0 Å². The van der Waals surface area contributed by atoms with E-state index in [9.17, 15) is 14.7 Å². The standard InChI is InChI=1S/C18H15Cl2NO5/c1-25-15-9-11(5-7-14(15)22)6-8-17(24)26-10-16(23)21-13-4-2-3-12(19)18(13)20/h2-9,22H,10H2,1H3,(H,21,23). The van der Waals surface area contributed by atoms with Crippen molar-refractivity contribution in [3.8, 4) is 11.5 Å². The average molecular weight is 396 g/mol. The Morgan fingerprint density at radius 2 is 2.00 bits per heavy atom. The smallest absolute Gasteiger partial charge is 0.331 e. The average Bonchev–Trinajstić information content (AvgIpc) is 2.63. The van der Waals surface area contributed by atoms with Crippen LogP contribution in [-0.2, 0) is 14.3 Å². The van der Waals surface area contributed by atoms with E-state index in [1.807, 2.05) is 0 Å². The van der Waals surface area contributed by atoms with E-state index >= 15 is 0 Å². The van der Waals surface area contributed by atoms with Gasteiger partial charge in [-0.2, -0.15) is 0 Å². The molecule has 0 heterocycles. The molecule has 0 radical (unpaired) electrons. The van der Waals surface area contributed by atoms with Gasteiger partial charge in [0.2, 0.25) is 0 Å². The lowest BCUT2D eigenvalue weighted by Gasteiger charge is -2.08. The van der Waals surface area contributed by atoms with Gasteiger partial charge in [-0.1, -0.05) is 35.3 Å². The zero-order valence-corrected chi connectivity index (χ0v) is 15.2. The molecule has 0 saturated heterocycles. The highest BCUT2D eigenvalue weighted by Crippen LogP contribution is 2.29. The number of benzene rings is 2. The van der Waals surface area contributed by atoms with Gasteiger partial charge in [-0.3, -0.25) is 4.79 Å². The minimum atomic E-state index is -0.704. The number of carbonyl (C=O) groups is 2. The molecule has 0 saturated carbocycles. The molecule has 0 spiro atoms. The summed E-state index contributed by atoms with van der Waals surface area (Å²) in [5, 5.41) is 12.5. The van der Waals surface area contributed by atoms with E-state index in [0.717, 1.165) is 6.08 Å². The number of phenols is 1. The number of hydrogen-bond acceptors (Lipinski definition) is 5. The molecule has 6 nitrogen and oxygen atoms in total. The zero-order valence-electron chi connectivity index (χ0n) is 13.7. The summed E-state index contributed by atoms with van der Waals surface area (Å²) in [6, 6.07) is 9.37. The molecule has 0 fully saturated rings. The number of esters is 1. The van der Waals surface area contributed by atoms with Crippen molar-refractivity contribution in [2.24, 2.45) is 0 Å². The lowest BCUT2D eigenvalue weighted by molar-refractivity contribution is -0.142. The summed E-state index contributed by atoms with van der Waals surface area (Å²) in [4.78, 5) is 23.5. The van der Waals surface area contributed by atoms with E-state index in [-0.39, 0.29) is 16.5 Å². The molecule has 2 N–H and O–H groups in total. The summed E-state index contributed by atoms with van der Waals surface area (Å²) in [6.07, 6.45) is 2.63. The maximum Gasteiger partial charge on any atom is 0.331 e. The van der Waals surface area contributed by atoms with Crippen LogP contribution in [0.15, 0.2) is 42.5 Å². The third-order valence-electron chi connectivity index (χ3n) is 3.19. The fourth-order valence-corrected chi connectivity index (χ4v) is 2.28. The maximum atomic E-state index is 11.8. The molecule has 0 aromatic heterocycles. The summed E-state index contributed by atoms with van der Waals surface area (Å²) >= 11 is 11.8. The number of hydrogen-bond donors (Lipinski definition) is 2. The third-order valence-corrected chi connectivity index (χ3v) is 4.01. The quantitative estimate of drug-likeness (QED) is 0.572. The topological polar surface area (TPSA) is 84.9 Å². The van der Waals surface area contributed by atoms with E-state index < -0.39 is 18.5 Å². The normalized spacial score (nSPS) is 10.6. The summed E-state index contributed by atoms with van der Waals surface area (Å²) in [5.41, 5.74) is 0.943. The van der Waals surface area contributed by atoms with Crippen molar-refractivity contribution >= 4 is 46.8 Å².